The smallest absolute Gasteiger partial charge is 0.242 e. The van der Waals surface area contributed by atoms with Crippen LogP contribution in [0.2, 0.25) is 0 Å². The molecule has 0 aliphatic carbocycles. The van der Waals surface area contributed by atoms with Crippen molar-refractivity contribution >= 4 is 11.8 Å². The molecule has 0 aromatic carbocycles. The molecule has 0 radical (unpaired) electrons. The highest BCUT2D eigenvalue weighted by Gasteiger charge is 2.16. The maximum absolute atomic E-state index is 12.0. The van der Waals surface area contributed by atoms with E-state index in [-0.39, 0.29) is 11.8 Å². The largest absolute Gasteiger partial charge is 0.353 e. The van der Waals surface area contributed by atoms with Crippen molar-refractivity contribution in [2.24, 2.45) is 7.05 Å². The standard InChI is InChI=1S/C17H29N5O2/c1-14(17(24)18-8-11-22-9-4-3-5-10-22)20-16(23)7-6-15-12-19-21(2)13-15/h12-14H,3-11H2,1-2H3,(H,18,24)(H,20,23)/t14-/m1/s1. The second kappa shape index (κ2) is 9.42. The maximum atomic E-state index is 12.0. The van der Waals surface area contributed by atoms with Crippen LogP contribution in [0, 0.1) is 0 Å². The molecule has 1 fully saturated rings. The van der Waals surface area contributed by atoms with Crippen LogP contribution in [-0.2, 0) is 23.1 Å². The van der Waals surface area contributed by atoms with Gasteiger partial charge in [-0.25, -0.2) is 0 Å². The Hall–Kier alpha value is -1.89. The van der Waals surface area contributed by atoms with Crippen molar-refractivity contribution in [2.45, 2.75) is 45.1 Å². The average Bonchev–Trinajstić information content (AvgIpc) is 2.99. The van der Waals surface area contributed by atoms with E-state index in [2.05, 4.69) is 20.6 Å². The van der Waals surface area contributed by atoms with Gasteiger partial charge >= 0.3 is 0 Å². The molecule has 1 saturated heterocycles. The molecule has 1 aromatic heterocycles. The molecule has 0 unspecified atom stereocenters. The lowest BCUT2D eigenvalue weighted by Crippen LogP contribution is -2.47. The van der Waals surface area contributed by atoms with Crippen LogP contribution in [0.4, 0.5) is 0 Å². The van der Waals surface area contributed by atoms with E-state index in [9.17, 15) is 9.59 Å². The van der Waals surface area contributed by atoms with Gasteiger partial charge in [0.2, 0.25) is 11.8 Å². The summed E-state index contributed by atoms with van der Waals surface area (Å²) in [5, 5.41) is 9.73. The second-order valence-electron chi connectivity index (χ2n) is 6.50. The summed E-state index contributed by atoms with van der Waals surface area (Å²) >= 11 is 0. The van der Waals surface area contributed by atoms with Crippen LogP contribution in [0.25, 0.3) is 0 Å². The minimum Gasteiger partial charge on any atom is -0.353 e. The number of amides is 2. The third kappa shape index (κ3) is 6.31. The Bertz CT molecular complexity index is 537. The molecule has 7 nitrogen and oxygen atoms in total. The number of rotatable bonds is 8. The first kappa shape index (κ1) is 18.4. The van der Waals surface area contributed by atoms with E-state index in [0.717, 1.165) is 25.2 Å². The summed E-state index contributed by atoms with van der Waals surface area (Å²) in [4.78, 5) is 26.3. The molecule has 2 rings (SSSR count). The van der Waals surface area contributed by atoms with E-state index in [1.165, 1.54) is 19.3 Å². The van der Waals surface area contributed by atoms with Crippen LogP contribution < -0.4 is 10.6 Å². The second-order valence-corrected chi connectivity index (χ2v) is 6.50. The average molecular weight is 335 g/mol. The Morgan fingerprint density at radius 3 is 2.71 bits per heavy atom. The summed E-state index contributed by atoms with van der Waals surface area (Å²) in [7, 11) is 1.85. The first-order valence-corrected chi connectivity index (χ1v) is 8.81. The minimum atomic E-state index is -0.507. The number of likely N-dealkylation sites (tertiary alicyclic amines) is 1. The summed E-state index contributed by atoms with van der Waals surface area (Å²) < 4.78 is 1.71. The van der Waals surface area contributed by atoms with E-state index >= 15 is 0 Å². The first-order valence-electron chi connectivity index (χ1n) is 8.81. The molecule has 134 valence electrons. The third-order valence-corrected chi connectivity index (χ3v) is 4.35. The van der Waals surface area contributed by atoms with Gasteiger partial charge in [0.15, 0.2) is 0 Å². The molecule has 7 heteroatoms. The van der Waals surface area contributed by atoms with E-state index in [1.54, 1.807) is 17.8 Å². The molecular weight excluding hydrogens is 306 g/mol. The Morgan fingerprint density at radius 2 is 2.04 bits per heavy atom. The Labute approximate surface area is 143 Å². The fourth-order valence-electron chi connectivity index (χ4n) is 2.91. The first-order chi connectivity index (χ1) is 11.5. The maximum Gasteiger partial charge on any atom is 0.242 e. The van der Waals surface area contributed by atoms with Crippen molar-refractivity contribution in [3.8, 4) is 0 Å². The molecule has 1 aromatic rings. The van der Waals surface area contributed by atoms with Crippen molar-refractivity contribution < 1.29 is 9.59 Å². The predicted molar refractivity (Wildman–Crippen MR) is 92.4 cm³/mol. The Morgan fingerprint density at radius 1 is 1.29 bits per heavy atom. The number of aryl methyl sites for hydroxylation is 2. The number of hydrogen-bond donors (Lipinski definition) is 2. The summed E-state index contributed by atoms with van der Waals surface area (Å²) in [6.07, 6.45) is 8.44. The number of piperidine rings is 1. The molecule has 0 bridgehead atoms. The fraction of sp³-hybridized carbons (Fsp3) is 0.706. The van der Waals surface area contributed by atoms with Crippen LogP contribution in [0.15, 0.2) is 12.4 Å². The van der Waals surface area contributed by atoms with E-state index in [4.69, 9.17) is 0 Å². The summed E-state index contributed by atoms with van der Waals surface area (Å²) in [5.74, 6) is -0.237. The third-order valence-electron chi connectivity index (χ3n) is 4.35. The molecule has 2 amide bonds. The number of carbonyl (C=O) groups excluding carboxylic acids is 2. The molecule has 1 aliphatic rings. The topological polar surface area (TPSA) is 79.3 Å². The Balaban J connectivity index is 1.60. The zero-order chi connectivity index (χ0) is 17.4. The van der Waals surface area contributed by atoms with Crippen LogP contribution in [0.3, 0.4) is 0 Å². The normalized spacial score (nSPS) is 16.6. The van der Waals surface area contributed by atoms with Crippen molar-refractivity contribution in [3.05, 3.63) is 18.0 Å². The SMILES string of the molecule is C[C@@H](NC(=O)CCc1cnn(C)c1)C(=O)NCCN1CCCCC1. The van der Waals surface area contributed by atoms with Crippen molar-refractivity contribution in [2.75, 3.05) is 26.2 Å². The van der Waals surface area contributed by atoms with Crippen LogP contribution in [0.1, 0.15) is 38.2 Å². The highest BCUT2D eigenvalue weighted by atomic mass is 16.2. The van der Waals surface area contributed by atoms with Gasteiger partial charge in [-0.3, -0.25) is 14.3 Å². The van der Waals surface area contributed by atoms with E-state index in [0.29, 0.717) is 19.4 Å². The number of carbonyl (C=O) groups is 2. The van der Waals surface area contributed by atoms with Gasteiger partial charge in [0.1, 0.15) is 6.04 Å². The number of aromatic nitrogens is 2. The lowest BCUT2D eigenvalue weighted by Gasteiger charge is -2.26. The van der Waals surface area contributed by atoms with Crippen LogP contribution >= 0.6 is 0 Å². The molecule has 2 heterocycles. The molecule has 24 heavy (non-hydrogen) atoms. The van der Waals surface area contributed by atoms with Crippen LogP contribution in [-0.4, -0.2) is 58.7 Å². The van der Waals surface area contributed by atoms with Gasteiger partial charge < -0.3 is 15.5 Å². The molecule has 0 spiro atoms. The number of hydrogen-bond acceptors (Lipinski definition) is 4. The summed E-state index contributed by atoms with van der Waals surface area (Å²) in [6, 6.07) is -0.507. The molecular formula is C17H29N5O2. The monoisotopic (exact) mass is 335 g/mol. The minimum absolute atomic E-state index is 0.113. The summed E-state index contributed by atoms with van der Waals surface area (Å²) in [5.41, 5.74) is 1.02. The van der Waals surface area contributed by atoms with Gasteiger partial charge in [-0.1, -0.05) is 6.42 Å². The van der Waals surface area contributed by atoms with Gasteiger partial charge in [0.25, 0.3) is 0 Å². The van der Waals surface area contributed by atoms with Gasteiger partial charge in [0, 0.05) is 32.8 Å². The lowest BCUT2D eigenvalue weighted by molar-refractivity contribution is -0.128. The quantitative estimate of drug-likeness (QED) is 0.723. The molecule has 0 saturated carbocycles. The molecule has 1 atom stereocenters. The van der Waals surface area contributed by atoms with Crippen molar-refractivity contribution in [3.63, 3.8) is 0 Å². The van der Waals surface area contributed by atoms with Gasteiger partial charge in [-0.15, -0.1) is 0 Å². The highest BCUT2D eigenvalue weighted by Crippen LogP contribution is 2.07. The van der Waals surface area contributed by atoms with Gasteiger partial charge in [0.05, 0.1) is 6.20 Å². The van der Waals surface area contributed by atoms with Crippen molar-refractivity contribution in [1.29, 1.82) is 0 Å². The Kier molecular flexibility index (Phi) is 7.24. The van der Waals surface area contributed by atoms with Gasteiger partial charge in [-0.2, -0.15) is 5.10 Å². The van der Waals surface area contributed by atoms with Gasteiger partial charge in [-0.05, 0) is 44.8 Å². The zero-order valence-corrected chi connectivity index (χ0v) is 14.8. The predicted octanol–water partition coefficient (Wildman–Crippen LogP) is 0.460. The highest BCUT2D eigenvalue weighted by molar-refractivity contribution is 5.87. The zero-order valence-electron chi connectivity index (χ0n) is 14.8. The van der Waals surface area contributed by atoms with Crippen molar-refractivity contribution in [1.82, 2.24) is 25.3 Å². The number of nitrogens with zero attached hydrogens (tertiary/aromatic N) is 3. The molecule has 2 N–H and O–H groups in total. The number of nitrogens with one attached hydrogen (secondary N) is 2. The van der Waals surface area contributed by atoms with E-state index in [1.807, 2.05) is 13.2 Å². The van der Waals surface area contributed by atoms with Crippen LogP contribution in [0.5, 0.6) is 0 Å². The lowest BCUT2D eigenvalue weighted by atomic mass is 10.1. The fourth-order valence-corrected chi connectivity index (χ4v) is 2.91. The summed E-state index contributed by atoms with van der Waals surface area (Å²) in [6.45, 7) is 5.48. The molecule has 1 aliphatic heterocycles. The van der Waals surface area contributed by atoms with E-state index < -0.39 is 6.04 Å².